The summed E-state index contributed by atoms with van der Waals surface area (Å²) in [6.45, 7) is 2.16. The van der Waals surface area contributed by atoms with Crippen molar-refractivity contribution in [2.45, 2.75) is 45.1 Å². The van der Waals surface area contributed by atoms with Crippen LogP contribution in [0.4, 0.5) is 0 Å². The van der Waals surface area contributed by atoms with Gasteiger partial charge in [-0.3, -0.25) is 0 Å². The van der Waals surface area contributed by atoms with Gasteiger partial charge >= 0.3 is 0 Å². The first-order valence-electron chi connectivity index (χ1n) is 4.50. The van der Waals surface area contributed by atoms with Crippen LogP contribution in [0.25, 0.3) is 0 Å². The largest absolute Gasteiger partial charge is 0.578 e. The molecule has 12 heavy (non-hydrogen) atoms. The van der Waals surface area contributed by atoms with Crippen molar-refractivity contribution in [1.82, 2.24) is 0 Å². The van der Waals surface area contributed by atoms with Crippen molar-refractivity contribution in [2.75, 3.05) is 0 Å². The Bertz CT molecular complexity index is 177. The second kappa shape index (κ2) is 4.91. The van der Waals surface area contributed by atoms with Gasteiger partial charge in [-0.15, -0.1) is 0 Å². The Hall–Kier alpha value is -0.860. The standard InChI is InChI=1S/C9H14NO2/c1-2-3-4-5-6-8-9(11)10-7-12-8/h8H,2-6H2,1H3/q-1/t8-/m0/s1. The van der Waals surface area contributed by atoms with Crippen molar-refractivity contribution >= 4 is 12.3 Å². The zero-order valence-corrected chi connectivity index (χ0v) is 7.38. The molecule has 0 aromatic heterocycles. The molecule has 0 unspecified atom stereocenters. The summed E-state index contributed by atoms with van der Waals surface area (Å²) in [5.41, 5.74) is 0. The van der Waals surface area contributed by atoms with Crippen molar-refractivity contribution in [3.63, 3.8) is 0 Å². The second-order valence-electron chi connectivity index (χ2n) is 3.00. The molecule has 1 aliphatic rings. The lowest BCUT2D eigenvalue weighted by Crippen LogP contribution is -2.15. The minimum atomic E-state index is -0.332. The predicted molar refractivity (Wildman–Crippen MR) is 46.1 cm³/mol. The maximum Gasteiger partial charge on any atom is 0.127 e. The zero-order valence-electron chi connectivity index (χ0n) is 7.38. The van der Waals surface area contributed by atoms with Gasteiger partial charge in [0.2, 0.25) is 0 Å². The summed E-state index contributed by atoms with van der Waals surface area (Å²) in [5, 5.41) is 0. The van der Waals surface area contributed by atoms with Crippen molar-refractivity contribution in [3.8, 4) is 0 Å². The smallest absolute Gasteiger partial charge is 0.127 e. The van der Waals surface area contributed by atoms with Gasteiger partial charge in [-0.2, -0.15) is 0 Å². The maximum atomic E-state index is 10.9. The minimum absolute atomic E-state index is 0.175. The van der Waals surface area contributed by atoms with Crippen LogP contribution in [-0.4, -0.2) is 18.4 Å². The van der Waals surface area contributed by atoms with Crippen LogP contribution in [-0.2, 0) is 9.53 Å². The average molecular weight is 168 g/mol. The summed E-state index contributed by atoms with van der Waals surface area (Å²) in [5.74, 6) is -0.175. The highest BCUT2D eigenvalue weighted by molar-refractivity contribution is 5.91. The molecular formula is C9H14NO2-. The fourth-order valence-corrected chi connectivity index (χ4v) is 1.20. The summed E-state index contributed by atoms with van der Waals surface area (Å²) in [4.78, 5) is 14.3. The molecule has 3 heteroatoms. The molecule has 0 bridgehead atoms. The van der Waals surface area contributed by atoms with E-state index in [9.17, 15) is 4.79 Å². The van der Waals surface area contributed by atoms with Crippen molar-refractivity contribution in [1.29, 1.82) is 0 Å². The Morgan fingerprint density at radius 3 is 2.92 bits per heavy atom. The molecule has 1 heterocycles. The molecule has 0 aromatic carbocycles. The van der Waals surface area contributed by atoms with Crippen LogP contribution in [0, 0.1) is 0 Å². The molecule has 0 aliphatic carbocycles. The van der Waals surface area contributed by atoms with E-state index < -0.39 is 0 Å². The summed E-state index contributed by atoms with van der Waals surface area (Å²) in [6.07, 6.45) is 7.35. The van der Waals surface area contributed by atoms with Gasteiger partial charge in [0.15, 0.2) is 0 Å². The Kier molecular flexibility index (Phi) is 3.77. The van der Waals surface area contributed by atoms with Crippen LogP contribution in [0.5, 0.6) is 0 Å². The second-order valence-corrected chi connectivity index (χ2v) is 3.00. The first kappa shape index (κ1) is 9.23. The lowest BCUT2D eigenvalue weighted by atomic mass is 10.1. The monoisotopic (exact) mass is 168 g/mol. The maximum absolute atomic E-state index is 10.9. The lowest BCUT2D eigenvalue weighted by molar-refractivity contribution is -0.122. The van der Waals surface area contributed by atoms with Crippen molar-refractivity contribution in [2.24, 2.45) is 4.99 Å². The third kappa shape index (κ3) is 2.64. The highest BCUT2D eigenvalue weighted by Gasteiger charge is 2.11. The van der Waals surface area contributed by atoms with Gasteiger partial charge in [0.05, 0.1) is 6.10 Å². The van der Waals surface area contributed by atoms with Crippen LogP contribution >= 0.6 is 0 Å². The first-order valence-corrected chi connectivity index (χ1v) is 4.50. The summed E-state index contributed by atoms with van der Waals surface area (Å²) >= 11 is 0. The summed E-state index contributed by atoms with van der Waals surface area (Å²) in [6, 6.07) is 0. The van der Waals surface area contributed by atoms with E-state index in [2.05, 4.69) is 18.3 Å². The number of aliphatic imine (C=N–C) groups is 1. The van der Waals surface area contributed by atoms with E-state index in [0.717, 1.165) is 12.8 Å². The number of nitrogens with zero attached hydrogens (tertiary/aromatic N) is 1. The fraction of sp³-hybridized carbons (Fsp3) is 0.778. The summed E-state index contributed by atoms with van der Waals surface area (Å²) < 4.78 is 4.88. The van der Waals surface area contributed by atoms with Crippen LogP contribution in [0.1, 0.15) is 39.0 Å². The van der Waals surface area contributed by atoms with Gasteiger partial charge in [-0.25, -0.2) is 0 Å². The molecule has 68 valence electrons. The number of hydrogen-bond acceptors (Lipinski definition) is 2. The van der Waals surface area contributed by atoms with Crippen LogP contribution in [0.15, 0.2) is 4.99 Å². The summed E-state index contributed by atoms with van der Waals surface area (Å²) in [7, 11) is 0. The van der Waals surface area contributed by atoms with Crippen molar-refractivity contribution < 1.29 is 9.53 Å². The topological polar surface area (TPSA) is 38.7 Å². The van der Waals surface area contributed by atoms with Gasteiger partial charge < -0.3 is 14.5 Å². The SMILES string of the molecule is CCCCCC[C@@H]1O[C-]=NC1=O. The van der Waals surface area contributed by atoms with E-state index in [4.69, 9.17) is 4.74 Å². The average Bonchev–Trinajstić information content (AvgIpc) is 2.46. The van der Waals surface area contributed by atoms with E-state index in [1.807, 2.05) is 0 Å². The van der Waals surface area contributed by atoms with E-state index >= 15 is 0 Å². The van der Waals surface area contributed by atoms with E-state index in [-0.39, 0.29) is 12.0 Å². The Morgan fingerprint density at radius 2 is 2.33 bits per heavy atom. The van der Waals surface area contributed by atoms with Crippen LogP contribution < -0.4 is 0 Å². The molecule has 1 rings (SSSR count). The number of hydrogen-bond donors (Lipinski definition) is 0. The number of amides is 1. The van der Waals surface area contributed by atoms with Crippen LogP contribution in [0.3, 0.4) is 0 Å². The lowest BCUT2D eigenvalue weighted by Gasteiger charge is -2.12. The third-order valence-electron chi connectivity index (χ3n) is 1.95. The normalized spacial score (nSPS) is 21.4. The molecule has 0 N–H and O–H groups in total. The van der Waals surface area contributed by atoms with Gasteiger partial charge in [-0.05, 0) is 6.42 Å². The molecule has 0 radical (unpaired) electrons. The number of rotatable bonds is 5. The van der Waals surface area contributed by atoms with Gasteiger partial charge in [-0.1, -0.05) is 32.6 Å². The quantitative estimate of drug-likeness (QED) is 0.463. The van der Waals surface area contributed by atoms with E-state index in [1.165, 1.54) is 19.3 Å². The molecular weight excluding hydrogens is 154 g/mol. The Balaban J connectivity index is 2.04. The van der Waals surface area contributed by atoms with E-state index in [1.54, 1.807) is 0 Å². The molecule has 3 nitrogen and oxygen atoms in total. The molecule has 1 aliphatic heterocycles. The molecule has 1 atom stereocenters. The molecule has 0 saturated heterocycles. The van der Waals surface area contributed by atoms with Crippen LogP contribution in [0.2, 0.25) is 0 Å². The fourth-order valence-electron chi connectivity index (χ4n) is 1.20. The predicted octanol–water partition coefficient (Wildman–Crippen LogP) is 1.79. The molecule has 0 spiro atoms. The van der Waals surface area contributed by atoms with Gasteiger partial charge in [0, 0.05) is 6.40 Å². The molecule has 1 amide bonds. The first-order chi connectivity index (χ1) is 5.84. The molecule has 0 aromatic rings. The number of carbonyl (C=O) groups is 1. The van der Waals surface area contributed by atoms with E-state index in [0.29, 0.717) is 0 Å². The number of ether oxygens (including phenoxy) is 1. The van der Waals surface area contributed by atoms with Gasteiger partial charge in [0.25, 0.3) is 0 Å². The van der Waals surface area contributed by atoms with Crippen molar-refractivity contribution in [3.05, 3.63) is 0 Å². The highest BCUT2D eigenvalue weighted by Crippen LogP contribution is 2.11. The molecule has 0 fully saturated rings. The Morgan fingerprint density at radius 1 is 1.50 bits per heavy atom. The minimum Gasteiger partial charge on any atom is -0.578 e. The third-order valence-corrected chi connectivity index (χ3v) is 1.95. The zero-order chi connectivity index (χ0) is 8.81. The van der Waals surface area contributed by atoms with Gasteiger partial charge in [0.1, 0.15) is 5.91 Å². The molecule has 0 saturated carbocycles. The Labute approximate surface area is 72.8 Å². The number of unbranched alkanes of at least 4 members (excludes halogenated alkanes) is 3. The number of carbonyl (C=O) groups excluding carboxylic acids is 1. The highest BCUT2D eigenvalue weighted by atomic mass is 16.5.